The van der Waals surface area contributed by atoms with Gasteiger partial charge in [0, 0.05) is 49.7 Å². The molecule has 0 radical (unpaired) electrons. The lowest BCUT2D eigenvalue weighted by Gasteiger charge is -2.36. The van der Waals surface area contributed by atoms with Crippen molar-refractivity contribution in [3.8, 4) is 0 Å². The second-order valence-electron chi connectivity index (χ2n) is 7.38. The van der Waals surface area contributed by atoms with Crippen LogP contribution in [0.4, 0.5) is 11.4 Å². The first-order chi connectivity index (χ1) is 14.6. The van der Waals surface area contributed by atoms with Crippen LogP contribution in [0.1, 0.15) is 15.9 Å². The van der Waals surface area contributed by atoms with Crippen molar-refractivity contribution in [3.05, 3.63) is 94.0 Å². The summed E-state index contributed by atoms with van der Waals surface area (Å²) in [7, 11) is 0. The number of hydrogen-bond donors (Lipinski definition) is 1. The number of piperazine rings is 1. The molecule has 0 bridgehead atoms. The van der Waals surface area contributed by atoms with Crippen molar-refractivity contribution in [3.63, 3.8) is 0 Å². The van der Waals surface area contributed by atoms with Gasteiger partial charge in [0.15, 0.2) is 0 Å². The first kappa shape index (κ1) is 20.7. The predicted octanol–water partition coefficient (Wildman–Crippen LogP) is 5.57. The maximum absolute atomic E-state index is 12.4. The van der Waals surface area contributed by atoms with Crippen molar-refractivity contribution >= 4 is 40.5 Å². The highest BCUT2D eigenvalue weighted by atomic mass is 35.5. The third kappa shape index (κ3) is 5.14. The Morgan fingerprint density at radius 2 is 1.53 bits per heavy atom. The number of nitrogens with one attached hydrogen (secondary N) is 1. The molecule has 0 spiro atoms. The summed E-state index contributed by atoms with van der Waals surface area (Å²) in [6.45, 7) is 5.04. The summed E-state index contributed by atoms with van der Waals surface area (Å²) in [5.41, 5.74) is 3.75. The lowest BCUT2D eigenvalue weighted by atomic mass is 10.2. The summed E-state index contributed by atoms with van der Waals surface area (Å²) in [6.07, 6.45) is 0. The number of carbonyl (C=O) groups excluding carboxylic acids is 1. The number of benzene rings is 3. The fourth-order valence-electron chi connectivity index (χ4n) is 3.60. The van der Waals surface area contributed by atoms with Gasteiger partial charge in [0.25, 0.3) is 5.91 Å². The molecule has 3 aromatic carbocycles. The molecule has 1 heterocycles. The van der Waals surface area contributed by atoms with Crippen LogP contribution in [0.15, 0.2) is 72.8 Å². The zero-order chi connectivity index (χ0) is 20.9. The zero-order valence-electron chi connectivity index (χ0n) is 16.5. The van der Waals surface area contributed by atoms with Crippen LogP contribution in [0.5, 0.6) is 0 Å². The normalized spacial score (nSPS) is 14.5. The van der Waals surface area contributed by atoms with Crippen LogP contribution in [-0.2, 0) is 6.54 Å². The van der Waals surface area contributed by atoms with Crippen molar-refractivity contribution < 1.29 is 4.79 Å². The first-order valence-electron chi connectivity index (χ1n) is 9.96. The van der Waals surface area contributed by atoms with E-state index >= 15 is 0 Å². The van der Waals surface area contributed by atoms with Crippen molar-refractivity contribution in [2.45, 2.75) is 6.54 Å². The Hall–Kier alpha value is -2.53. The Labute approximate surface area is 187 Å². The molecular weight excluding hydrogens is 417 g/mol. The number of halogens is 2. The Kier molecular flexibility index (Phi) is 6.58. The van der Waals surface area contributed by atoms with Crippen LogP contribution in [0, 0.1) is 0 Å². The van der Waals surface area contributed by atoms with E-state index in [2.05, 4.69) is 57.6 Å². The van der Waals surface area contributed by atoms with E-state index in [0.29, 0.717) is 15.6 Å². The van der Waals surface area contributed by atoms with Gasteiger partial charge in [-0.3, -0.25) is 9.69 Å². The van der Waals surface area contributed by atoms with Gasteiger partial charge in [0.1, 0.15) is 0 Å². The number of nitrogens with zero attached hydrogens (tertiary/aromatic N) is 2. The molecule has 4 nitrogen and oxygen atoms in total. The Balaban J connectivity index is 1.31. The second kappa shape index (κ2) is 9.52. The van der Waals surface area contributed by atoms with Crippen LogP contribution < -0.4 is 10.2 Å². The van der Waals surface area contributed by atoms with E-state index in [1.165, 1.54) is 11.3 Å². The maximum atomic E-state index is 12.4. The average molecular weight is 440 g/mol. The van der Waals surface area contributed by atoms with E-state index in [4.69, 9.17) is 23.2 Å². The van der Waals surface area contributed by atoms with Crippen LogP contribution in [0.3, 0.4) is 0 Å². The SMILES string of the molecule is O=C(Nc1ccc(N2CCN(Cc3ccccc3)CC2)cc1)c1ccc(Cl)c(Cl)c1. The highest BCUT2D eigenvalue weighted by molar-refractivity contribution is 6.42. The quantitative estimate of drug-likeness (QED) is 0.564. The van der Waals surface area contributed by atoms with Crippen molar-refractivity contribution in [1.29, 1.82) is 0 Å². The van der Waals surface area contributed by atoms with Crippen LogP contribution >= 0.6 is 23.2 Å². The number of anilines is 2. The van der Waals surface area contributed by atoms with Gasteiger partial charge < -0.3 is 10.2 Å². The molecule has 1 N–H and O–H groups in total. The van der Waals surface area contributed by atoms with Gasteiger partial charge in [-0.15, -0.1) is 0 Å². The lowest BCUT2D eigenvalue weighted by molar-refractivity contribution is 0.102. The third-order valence-electron chi connectivity index (χ3n) is 5.29. The predicted molar refractivity (Wildman–Crippen MR) is 125 cm³/mol. The van der Waals surface area contributed by atoms with Gasteiger partial charge in [0.05, 0.1) is 10.0 Å². The number of amides is 1. The minimum atomic E-state index is -0.212. The third-order valence-corrected chi connectivity index (χ3v) is 6.03. The minimum absolute atomic E-state index is 0.212. The molecule has 154 valence electrons. The van der Waals surface area contributed by atoms with E-state index < -0.39 is 0 Å². The molecule has 1 saturated heterocycles. The van der Waals surface area contributed by atoms with Gasteiger partial charge in [-0.2, -0.15) is 0 Å². The van der Waals surface area contributed by atoms with Crippen LogP contribution in [0.25, 0.3) is 0 Å². The van der Waals surface area contributed by atoms with E-state index in [1.807, 2.05) is 12.1 Å². The smallest absolute Gasteiger partial charge is 0.255 e. The molecule has 1 amide bonds. The largest absolute Gasteiger partial charge is 0.369 e. The average Bonchev–Trinajstić information content (AvgIpc) is 2.77. The minimum Gasteiger partial charge on any atom is -0.369 e. The lowest BCUT2D eigenvalue weighted by Crippen LogP contribution is -2.45. The van der Waals surface area contributed by atoms with Crippen molar-refractivity contribution in [2.75, 3.05) is 36.4 Å². The highest BCUT2D eigenvalue weighted by Gasteiger charge is 2.17. The topological polar surface area (TPSA) is 35.6 Å². The monoisotopic (exact) mass is 439 g/mol. The molecule has 6 heteroatoms. The fourth-order valence-corrected chi connectivity index (χ4v) is 3.90. The van der Waals surface area contributed by atoms with Crippen molar-refractivity contribution in [1.82, 2.24) is 4.90 Å². The van der Waals surface area contributed by atoms with Gasteiger partial charge in [-0.05, 0) is 48.0 Å². The molecule has 0 unspecified atom stereocenters. The Bertz CT molecular complexity index is 1000. The summed E-state index contributed by atoms with van der Waals surface area (Å²) in [4.78, 5) is 17.3. The van der Waals surface area contributed by atoms with Gasteiger partial charge in [-0.25, -0.2) is 0 Å². The summed E-state index contributed by atoms with van der Waals surface area (Å²) in [5.74, 6) is -0.212. The van der Waals surface area contributed by atoms with E-state index in [9.17, 15) is 4.79 Å². The van der Waals surface area contributed by atoms with Gasteiger partial charge in [0.2, 0.25) is 0 Å². The Morgan fingerprint density at radius 1 is 0.833 bits per heavy atom. The second-order valence-corrected chi connectivity index (χ2v) is 8.19. The number of hydrogen-bond acceptors (Lipinski definition) is 3. The van der Waals surface area contributed by atoms with Gasteiger partial charge in [-0.1, -0.05) is 53.5 Å². The summed E-state index contributed by atoms with van der Waals surface area (Å²) < 4.78 is 0. The molecule has 1 fully saturated rings. The molecule has 0 saturated carbocycles. The molecule has 4 rings (SSSR count). The maximum Gasteiger partial charge on any atom is 0.255 e. The standard InChI is InChI=1S/C24H23Cl2N3O/c25-22-11-6-19(16-23(22)26)24(30)27-20-7-9-21(10-8-20)29-14-12-28(13-15-29)17-18-4-2-1-3-5-18/h1-11,16H,12-15,17H2,(H,27,30). The van der Waals surface area contributed by atoms with Crippen molar-refractivity contribution in [2.24, 2.45) is 0 Å². The molecule has 1 aliphatic rings. The molecule has 0 aromatic heterocycles. The molecular formula is C24H23Cl2N3O. The van der Waals surface area contributed by atoms with Crippen LogP contribution in [0.2, 0.25) is 10.0 Å². The van der Waals surface area contributed by atoms with Crippen LogP contribution in [-0.4, -0.2) is 37.0 Å². The highest BCUT2D eigenvalue weighted by Crippen LogP contribution is 2.24. The first-order valence-corrected chi connectivity index (χ1v) is 10.7. The summed E-state index contributed by atoms with van der Waals surface area (Å²) in [5, 5.41) is 3.70. The van der Waals surface area contributed by atoms with E-state index in [0.717, 1.165) is 38.4 Å². The summed E-state index contributed by atoms with van der Waals surface area (Å²) in [6, 6.07) is 23.4. The van der Waals surface area contributed by atoms with E-state index in [-0.39, 0.29) is 5.91 Å². The van der Waals surface area contributed by atoms with Gasteiger partial charge >= 0.3 is 0 Å². The number of rotatable bonds is 5. The molecule has 0 aliphatic carbocycles. The fraction of sp³-hybridized carbons (Fsp3) is 0.208. The Morgan fingerprint density at radius 3 is 2.20 bits per heavy atom. The summed E-state index contributed by atoms with van der Waals surface area (Å²) >= 11 is 11.9. The molecule has 30 heavy (non-hydrogen) atoms. The molecule has 3 aromatic rings. The molecule has 1 aliphatic heterocycles. The van der Waals surface area contributed by atoms with E-state index in [1.54, 1.807) is 18.2 Å². The zero-order valence-corrected chi connectivity index (χ0v) is 18.0. The molecule has 0 atom stereocenters. The number of carbonyl (C=O) groups is 1.